The molecule has 0 amide bonds. The van der Waals surface area contributed by atoms with Crippen LogP contribution in [0.15, 0.2) is 146 Å². The zero-order valence-electron chi connectivity index (χ0n) is 39.8. The van der Waals surface area contributed by atoms with Gasteiger partial charge in [0.1, 0.15) is 18.1 Å². The third kappa shape index (κ3) is 21.6. The number of carbonyl (C=O) groups excluding carboxylic acids is 2. The van der Waals surface area contributed by atoms with E-state index < -0.39 is 0 Å². The molecule has 0 fully saturated rings. The molecule has 2 N–H and O–H groups in total. The minimum atomic E-state index is -0.215. The summed E-state index contributed by atoms with van der Waals surface area (Å²) in [5.41, 5.74) is 7.06. The third-order valence-corrected chi connectivity index (χ3v) is 12.5. The number of hydrogen-bond acceptors (Lipinski definition) is 9. The molecule has 0 radical (unpaired) electrons. The van der Waals surface area contributed by atoms with Gasteiger partial charge in [-0.05, 0) is 159 Å². The van der Waals surface area contributed by atoms with Crippen LogP contribution in [0.5, 0.6) is 11.5 Å². The molecular weight excluding hydrogens is 954 g/mol. The highest BCUT2D eigenvalue weighted by molar-refractivity contribution is 6.31. The monoisotopic (exact) mass is 1020 g/mol. The van der Waals surface area contributed by atoms with Crippen molar-refractivity contribution in [1.29, 1.82) is 0 Å². The first kappa shape index (κ1) is 56.5. The number of rotatable bonds is 22. The van der Waals surface area contributed by atoms with Gasteiger partial charge in [0.05, 0.1) is 20.8 Å². The van der Waals surface area contributed by atoms with Gasteiger partial charge < -0.3 is 34.2 Å². The van der Waals surface area contributed by atoms with Gasteiger partial charge in [-0.1, -0.05) is 119 Å². The van der Waals surface area contributed by atoms with Crippen LogP contribution in [-0.2, 0) is 31.9 Å². The summed E-state index contributed by atoms with van der Waals surface area (Å²) in [6.07, 6.45) is 4.01. The molecule has 6 rings (SSSR count). The fourth-order valence-electron chi connectivity index (χ4n) is 7.36. The van der Waals surface area contributed by atoms with E-state index in [-0.39, 0.29) is 36.1 Å². The molecule has 0 saturated carbocycles. The van der Waals surface area contributed by atoms with Gasteiger partial charge in [0, 0.05) is 57.9 Å². The number of phenols is 1. The molecule has 6 aromatic carbocycles. The Morgan fingerprint density at radius 1 is 0.493 bits per heavy atom. The molecule has 0 aromatic heterocycles. The number of aryl methyl sites for hydroxylation is 2. The zero-order valence-corrected chi connectivity index (χ0v) is 42.9. The smallest absolute Gasteiger partial charge is 0.305 e. The number of nitrogens with zero attached hydrogens (tertiary/aromatic N) is 2. The molecule has 0 spiro atoms. The Bertz CT molecular complexity index is 2280. The first-order valence-corrected chi connectivity index (χ1v) is 24.4. The van der Waals surface area contributed by atoms with Crippen molar-refractivity contribution < 1.29 is 34.0 Å². The fourth-order valence-corrected chi connectivity index (χ4v) is 7.86. The van der Waals surface area contributed by atoms with E-state index in [1.165, 1.54) is 36.5 Å². The van der Waals surface area contributed by atoms with E-state index in [9.17, 15) is 9.59 Å². The molecular formula is C56H64Cl4N2O7. The normalized spacial score (nSPS) is 10.9. The number of carbonyl (C=O) groups is 2. The standard InChI is InChI=1S/C28H31Cl2NO3.C18H21Cl2NO.C10H12O3/c1-31(19-20-34-26-14-3-21(4-15-26)5-16-28(32)33-2)18-17-27(22-6-10-24(29)11-7-22)23-8-12-25(30)13-9-23;1-21(12-13-22)11-10-18(14-2-6-16(19)7-3-14)15-4-8-17(20)9-5-15;1-13-10(12)7-4-8-2-5-9(11)6-3-8/h3-4,6-15,27H,5,16-20H2,1-2H3;2-9,18,22H,10-13H2,1H3;2-3,5-6,11H,4,7H2,1H3. The second-order valence-electron chi connectivity index (χ2n) is 16.5. The molecule has 0 aliphatic heterocycles. The molecule has 0 bridgehead atoms. The number of aliphatic hydroxyl groups excluding tert-OH is 1. The van der Waals surface area contributed by atoms with Crippen LogP contribution < -0.4 is 4.74 Å². The predicted octanol–water partition coefficient (Wildman–Crippen LogP) is 12.6. The van der Waals surface area contributed by atoms with Crippen LogP contribution in [0.3, 0.4) is 0 Å². The number of esters is 2. The van der Waals surface area contributed by atoms with Crippen molar-refractivity contribution in [3.63, 3.8) is 0 Å². The van der Waals surface area contributed by atoms with Gasteiger partial charge in [-0.3, -0.25) is 9.59 Å². The molecule has 0 atom stereocenters. The Balaban J connectivity index is 0.000000252. The van der Waals surface area contributed by atoms with Crippen LogP contribution in [0.25, 0.3) is 0 Å². The number of aliphatic hydroxyl groups is 1. The van der Waals surface area contributed by atoms with Crippen LogP contribution in [0.1, 0.15) is 70.9 Å². The van der Waals surface area contributed by atoms with E-state index >= 15 is 0 Å². The van der Waals surface area contributed by atoms with E-state index in [1.807, 2.05) is 79.8 Å². The zero-order chi connectivity index (χ0) is 50.0. The van der Waals surface area contributed by atoms with Crippen molar-refractivity contribution in [2.24, 2.45) is 0 Å². The lowest BCUT2D eigenvalue weighted by Gasteiger charge is -2.23. The first-order valence-electron chi connectivity index (χ1n) is 22.9. The summed E-state index contributed by atoms with van der Waals surface area (Å²) in [7, 11) is 6.92. The van der Waals surface area contributed by atoms with Crippen LogP contribution in [-0.4, -0.2) is 99.7 Å². The molecule has 0 aliphatic rings. The van der Waals surface area contributed by atoms with Gasteiger partial charge >= 0.3 is 11.9 Å². The maximum atomic E-state index is 11.3. The minimum absolute atomic E-state index is 0.184. The molecule has 0 aliphatic carbocycles. The minimum Gasteiger partial charge on any atom is -0.508 e. The molecule has 9 nitrogen and oxygen atoms in total. The average molecular weight is 1020 g/mol. The Labute approximate surface area is 428 Å². The first-order chi connectivity index (χ1) is 33.3. The summed E-state index contributed by atoms with van der Waals surface area (Å²) < 4.78 is 15.1. The summed E-state index contributed by atoms with van der Waals surface area (Å²) in [4.78, 5) is 26.5. The Hall–Kier alpha value is -5.10. The topological polar surface area (TPSA) is 109 Å². The fraction of sp³-hybridized carbons (Fsp3) is 0.321. The Kier molecular flexibility index (Phi) is 25.5. The highest BCUT2D eigenvalue weighted by Gasteiger charge is 2.17. The van der Waals surface area contributed by atoms with E-state index in [4.69, 9.17) is 61.4 Å². The van der Waals surface area contributed by atoms with Gasteiger partial charge in [-0.25, -0.2) is 0 Å². The predicted molar refractivity (Wildman–Crippen MR) is 282 cm³/mol. The van der Waals surface area contributed by atoms with Crippen molar-refractivity contribution in [3.8, 4) is 11.5 Å². The number of benzene rings is 6. The van der Waals surface area contributed by atoms with Crippen LogP contribution in [0.2, 0.25) is 20.1 Å². The summed E-state index contributed by atoms with van der Waals surface area (Å²) in [6, 6.07) is 46.8. The van der Waals surface area contributed by atoms with Crippen LogP contribution >= 0.6 is 46.4 Å². The second-order valence-corrected chi connectivity index (χ2v) is 18.3. The van der Waals surface area contributed by atoms with Crippen molar-refractivity contribution in [1.82, 2.24) is 9.80 Å². The van der Waals surface area contributed by atoms with Crippen LogP contribution in [0, 0.1) is 0 Å². The maximum absolute atomic E-state index is 11.3. The largest absolute Gasteiger partial charge is 0.508 e. The number of halogens is 4. The van der Waals surface area contributed by atoms with E-state index in [0.717, 1.165) is 69.4 Å². The number of methoxy groups -OCH3 is 2. The lowest BCUT2D eigenvalue weighted by atomic mass is 9.88. The molecule has 368 valence electrons. The second kappa shape index (κ2) is 31.2. The third-order valence-electron chi connectivity index (χ3n) is 11.5. The quantitative estimate of drug-likeness (QED) is 0.0643. The molecule has 69 heavy (non-hydrogen) atoms. The molecule has 6 aromatic rings. The number of likely N-dealkylation sites (N-methyl/N-ethyl adjacent to an activating group) is 2. The Morgan fingerprint density at radius 2 is 0.826 bits per heavy atom. The highest BCUT2D eigenvalue weighted by atomic mass is 35.5. The average Bonchev–Trinajstić information content (AvgIpc) is 3.36. The Morgan fingerprint density at radius 3 is 1.16 bits per heavy atom. The number of ether oxygens (including phenoxy) is 3. The molecule has 0 unspecified atom stereocenters. The van der Waals surface area contributed by atoms with E-state index in [2.05, 4.69) is 74.9 Å². The number of hydrogen-bond donors (Lipinski definition) is 2. The summed E-state index contributed by atoms with van der Waals surface area (Å²) in [5, 5.41) is 21.0. The summed E-state index contributed by atoms with van der Waals surface area (Å²) >= 11 is 24.2. The van der Waals surface area contributed by atoms with Gasteiger partial charge in [0.25, 0.3) is 0 Å². The number of aromatic hydroxyl groups is 1. The summed E-state index contributed by atoms with van der Waals surface area (Å²) in [5.74, 6) is 1.20. The SMILES string of the molecule is CN(CCO)CCC(c1ccc(Cl)cc1)c1ccc(Cl)cc1.COC(=O)CCc1ccc(O)cc1.COC(=O)CCc1ccc(OCCN(C)CCC(c2ccc(Cl)cc2)c2ccc(Cl)cc2)cc1. The van der Waals surface area contributed by atoms with Gasteiger partial charge in [-0.15, -0.1) is 0 Å². The number of phenolic OH excluding ortho intramolecular Hbond substituents is 1. The van der Waals surface area contributed by atoms with Crippen molar-refractivity contribution in [2.75, 3.05) is 67.7 Å². The van der Waals surface area contributed by atoms with Gasteiger partial charge in [-0.2, -0.15) is 0 Å². The van der Waals surface area contributed by atoms with Crippen LogP contribution in [0.4, 0.5) is 0 Å². The highest BCUT2D eigenvalue weighted by Crippen LogP contribution is 2.32. The molecule has 13 heteroatoms. The lowest BCUT2D eigenvalue weighted by Crippen LogP contribution is -2.26. The van der Waals surface area contributed by atoms with Crippen molar-refractivity contribution in [2.45, 2.75) is 50.4 Å². The van der Waals surface area contributed by atoms with E-state index in [1.54, 1.807) is 24.3 Å². The molecule has 0 heterocycles. The molecule has 0 saturated heterocycles. The maximum Gasteiger partial charge on any atom is 0.305 e. The van der Waals surface area contributed by atoms with Gasteiger partial charge in [0.15, 0.2) is 0 Å². The van der Waals surface area contributed by atoms with Gasteiger partial charge in [0.2, 0.25) is 0 Å². The van der Waals surface area contributed by atoms with E-state index in [0.29, 0.717) is 38.8 Å². The summed E-state index contributed by atoms with van der Waals surface area (Å²) in [6.45, 7) is 4.13. The lowest BCUT2D eigenvalue weighted by molar-refractivity contribution is -0.141. The van der Waals surface area contributed by atoms with Crippen molar-refractivity contribution >= 4 is 58.3 Å². The van der Waals surface area contributed by atoms with Crippen molar-refractivity contribution in [3.05, 3.63) is 199 Å².